The summed E-state index contributed by atoms with van der Waals surface area (Å²) in [6.45, 7) is 2.69. The van der Waals surface area contributed by atoms with E-state index in [1.54, 1.807) is 24.3 Å². The zero-order chi connectivity index (χ0) is 23.9. The van der Waals surface area contributed by atoms with E-state index in [4.69, 9.17) is 21.4 Å². The summed E-state index contributed by atoms with van der Waals surface area (Å²) in [6, 6.07) is 15.1. The second-order valence-electron chi connectivity index (χ2n) is 8.43. The van der Waals surface area contributed by atoms with Gasteiger partial charge in [0.2, 0.25) is 0 Å². The van der Waals surface area contributed by atoms with Crippen LogP contribution in [0.4, 0.5) is 11.5 Å². The first kappa shape index (κ1) is 23.5. The molecule has 0 bridgehead atoms. The van der Waals surface area contributed by atoms with Crippen LogP contribution in [-0.4, -0.2) is 27.1 Å². The van der Waals surface area contributed by atoms with Gasteiger partial charge in [-0.25, -0.2) is 9.97 Å². The third-order valence-electron chi connectivity index (χ3n) is 5.94. The van der Waals surface area contributed by atoms with Crippen LogP contribution in [0.15, 0.2) is 48.5 Å². The Kier molecular flexibility index (Phi) is 7.59. The number of hydrogen-bond acceptors (Lipinski definition) is 7. The predicted molar refractivity (Wildman–Crippen MR) is 137 cm³/mol. The van der Waals surface area contributed by atoms with Gasteiger partial charge in [0.25, 0.3) is 0 Å². The van der Waals surface area contributed by atoms with E-state index in [0.717, 1.165) is 66.5 Å². The molecule has 8 heteroatoms. The number of hydrogen-bond donors (Lipinski definition) is 3. The number of pyridine rings is 1. The van der Waals surface area contributed by atoms with Crippen molar-refractivity contribution in [3.8, 4) is 0 Å². The molecule has 0 fully saturated rings. The highest BCUT2D eigenvalue weighted by molar-refractivity contribution is 6.06. The van der Waals surface area contributed by atoms with Gasteiger partial charge in [0.05, 0.1) is 5.52 Å². The van der Waals surface area contributed by atoms with E-state index >= 15 is 0 Å². The van der Waals surface area contributed by atoms with Gasteiger partial charge in [0.15, 0.2) is 11.6 Å². The first-order valence-electron chi connectivity index (χ1n) is 11.9. The van der Waals surface area contributed by atoms with E-state index in [-0.39, 0.29) is 5.78 Å². The number of nitrogens with two attached hydrogens (primary N) is 2. The molecule has 0 aliphatic heterocycles. The highest BCUT2D eigenvalue weighted by Crippen LogP contribution is 2.28. The number of imidazole rings is 1. The number of para-hydroxylation sites is 1. The molecule has 0 saturated carbocycles. The van der Waals surface area contributed by atoms with Crippen LogP contribution >= 0.6 is 0 Å². The first-order chi connectivity index (χ1) is 16.6. The minimum Gasteiger partial charge on any atom is -0.412 e. The number of nitrogens with zero attached hydrogens (tertiary/aromatic N) is 3. The first-order valence-corrected chi connectivity index (χ1v) is 11.9. The van der Waals surface area contributed by atoms with Crippen molar-refractivity contribution < 1.29 is 9.63 Å². The molecule has 2 heterocycles. The van der Waals surface area contributed by atoms with Crippen LogP contribution in [0.25, 0.3) is 21.9 Å². The number of anilines is 2. The summed E-state index contributed by atoms with van der Waals surface area (Å²) in [6.07, 6.45) is 5.96. The summed E-state index contributed by atoms with van der Waals surface area (Å²) >= 11 is 0. The number of carbonyl (C=O) groups is 1. The Balaban J connectivity index is 1.40. The van der Waals surface area contributed by atoms with Crippen molar-refractivity contribution in [3.63, 3.8) is 0 Å². The van der Waals surface area contributed by atoms with E-state index in [0.29, 0.717) is 29.9 Å². The zero-order valence-electron chi connectivity index (χ0n) is 19.6. The fourth-order valence-corrected chi connectivity index (χ4v) is 4.07. The number of rotatable bonds is 12. The maximum Gasteiger partial charge on any atom is 0.162 e. The van der Waals surface area contributed by atoms with Crippen molar-refractivity contribution >= 4 is 39.2 Å². The van der Waals surface area contributed by atoms with E-state index in [1.165, 1.54) is 0 Å². The molecule has 5 N–H and O–H groups in total. The Morgan fingerprint density at radius 1 is 1.03 bits per heavy atom. The average Bonchev–Trinajstić information content (AvgIpc) is 3.24. The number of nitrogens with one attached hydrogen (secondary N) is 1. The molecule has 0 atom stereocenters. The maximum atomic E-state index is 12.4. The lowest BCUT2D eigenvalue weighted by molar-refractivity contribution is 0.0967. The van der Waals surface area contributed by atoms with E-state index in [2.05, 4.69) is 17.3 Å². The molecule has 0 radical (unpaired) electrons. The van der Waals surface area contributed by atoms with Crippen molar-refractivity contribution in [2.75, 3.05) is 17.8 Å². The minimum atomic E-state index is 0.140. The molecular formula is C26H32N6O2. The van der Waals surface area contributed by atoms with Gasteiger partial charge in [-0.05, 0) is 56.0 Å². The number of aryl methyl sites for hydroxylation is 1. The molecule has 8 nitrogen and oxygen atoms in total. The normalized spacial score (nSPS) is 11.2. The molecular weight excluding hydrogens is 428 g/mol. The van der Waals surface area contributed by atoms with Gasteiger partial charge in [-0.3, -0.25) is 10.6 Å². The van der Waals surface area contributed by atoms with E-state index in [1.807, 2.05) is 29.0 Å². The lowest BCUT2D eigenvalue weighted by Gasteiger charge is -2.12. The molecule has 178 valence electrons. The maximum absolute atomic E-state index is 12.4. The van der Waals surface area contributed by atoms with E-state index in [9.17, 15) is 4.79 Å². The second-order valence-corrected chi connectivity index (χ2v) is 8.43. The van der Waals surface area contributed by atoms with Crippen LogP contribution in [0.5, 0.6) is 0 Å². The van der Waals surface area contributed by atoms with Crippen LogP contribution in [0.1, 0.15) is 61.6 Å². The minimum absolute atomic E-state index is 0.140. The lowest BCUT2D eigenvalue weighted by Crippen LogP contribution is -2.16. The lowest BCUT2D eigenvalue weighted by atomic mass is 10.0. The summed E-state index contributed by atoms with van der Waals surface area (Å²) in [5, 5.41) is 0.975. The van der Waals surface area contributed by atoms with Crippen LogP contribution in [0.3, 0.4) is 0 Å². The van der Waals surface area contributed by atoms with Crippen molar-refractivity contribution in [1.82, 2.24) is 14.7 Å². The molecule has 34 heavy (non-hydrogen) atoms. The number of nitrogen functional groups attached to an aromatic ring is 2. The van der Waals surface area contributed by atoms with E-state index < -0.39 is 0 Å². The Bertz CT molecular complexity index is 1270. The van der Waals surface area contributed by atoms with Crippen molar-refractivity contribution in [3.05, 3.63) is 59.9 Å². The summed E-state index contributed by atoms with van der Waals surface area (Å²) < 4.78 is 1.85. The van der Waals surface area contributed by atoms with Gasteiger partial charge in [0, 0.05) is 29.5 Å². The quantitative estimate of drug-likeness (QED) is 0.122. The summed E-state index contributed by atoms with van der Waals surface area (Å²) in [7, 11) is 0. The van der Waals surface area contributed by atoms with Gasteiger partial charge < -0.3 is 16.0 Å². The monoisotopic (exact) mass is 460 g/mol. The molecule has 0 unspecified atom stereocenters. The van der Waals surface area contributed by atoms with Gasteiger partial charge in [-0.1, -0.05) is 31.5 Å². The number of aromatic nitrogens is 3. The van der Waals surface area contributed by atoms with Gasteiger partial charge in [0.1, 0.15) is 23.5 Å². The van der Waals surface area contributed by atoms with Crippen LogP contribution in [-0.2, 0) is 6.42 Å². The molecule has 2 aromatic carbocycles. The molecule has 0 spiro atoms. The number of benzene rings is 2. The fraction of sp³-hybridized carbons (Fsp3) is 0.346. The van der Waals surface area contributed by atoms with Gasteiger partial charge >= 0.3 is 0 Å². The standard InChI is InChI=1S/C26H32N6O2/c1-2-3-12-23-30-24-25(20-9-6-7-10-21(20)29-26(24)27)32(23)34-17-8-4-5-11-22(33)18-13-15-19(31-28)16-14-18/h6-7,9-10,13-16,31H,2-5,8,11-12,17,28H2,1H3,(H2,27,29). The Hall–Kier alpha value is -3.65. The molecule has 4 rings (SSSR count). The van der Waals surface area contributed by atoms with Crippen molar-refractivity contribution in [2.45, 2.75) is 51.9 Å². The summed E-state index contributed by atoms with van der Waals surface area (Å²) in [5.41, 5.74) is 12.7. The van der Waals surface area contributed by atoms with Crippen LogP contribution in [0.2, 0.25) is 0 Å². The topological polar surface area (TPSA) is 121 Å². The molecule has 0 aliphatic rings. The van der Waals surface area contributed by atoms with Crippen molar-refractivity contribution in [1.29, 1.82) is 0 Å². The third-order valence-corrected chi connectivity index (χ3v) is 5.94. The SMILES string of the molecule is CCCCc1nc2c(N)nc3ccccc3c2n1OCCCCCC(=O)c1ccc(NN)cc1. The summed E-state index contributed by atoms with van der Waals surface area (Å²) in [5.74, 6) is 6.80. The number of Topliss-reactive ketones (excluding diaryl/α,β-unsaturated/α-hetero) is 1. The molecule has 2 aromatic heterocycles. The summed E-state index contributed by atoms with van der Waals surface area (Å²) in [4.78, 5) is 27.9. The van der Waals surface area contributed by atoms with Gasteiger partial charge in [-0.15, -0.1) is 0 Å². The highest BCUT2D eigenvalue weighted by Gasteiger charge is 2.18. The Morgan fingerprint density at radius 2 is 1.82 bits per heavy atom. The molecule has 0 aliphatic carbocycles. The molecule has 4 aromatic rings. The third kappa shape index (κ3) is 5.12. The molecule has 0 saturated heterocycles. The number of carbonyl (C=O) groups excluding carboxylic acids is 1. The smallest absolute Gasteiger partial charge is 0.162 e. The number of fused-ring (bicyclic) bond motifs is 3. The Labute approximate surface area is 199 Å². The second kappa shape index (κ2) is 11.0. The molecule has 0 amide bonds. The highest BCUT2D eigenvalue weighted by atomic mass is 16.7. The Morgan fingerprint density at radius 3 is 2.59 bits per heavy atom. The van der Waals surface area contributed by atoms with Crippen molar-refractivity contribution in [2.24, 2.45) is 5.84 Å². The fourth-order valence-electron chi connectivity index (χ4n) is 4.07. The number of unbranched alkanes of at least 4 members (excludes halogenated alkanes) is 3. The van der Waals surface area contributed by atoms with Crippen LogP contribution < -0.4 is 21.8 Å². The number of hydrazine groups is 1. The largest absolute Gasteiger partial charge is 0.412 e. The average molecular weight is 461 g/mol. The predicted octanol–water partition coefficient (Wildman–Crippen LogP) is 4.67. The van der Waals surface area contributed by atoms with Crippen LogP contribution in [0, 0.1) is 0 Å². The van der Waals surface area contributed by atoms with Gasteiger partial charge in [-0.2, -0.15) is 4.73 Å². The zero-order valence-corrected chi connectivity index (χ0v) is 19.6. The number of ketones is 1.